The van der Waals surface area contributed by atoms with Crippen molar-refractivity contribution in [3.05, 3.63) is 29.8 Å². The van der Waals surface area contributed by atoms with E-state index in [-0.39, 0.29) is 30.2 Å². The zero-order valence-electron chi connectivity index (χ0n) is 15.1. The summed E-state index contributed by atoms with van der Waals surface area (Å²) in [6.07, 6.45) is 4.48. The van der Waals surface area contributed by atoms with E-state index in [2.05, 4.69) is 6.92 Å². The highest BCUT2D eigenvalue weighted by Gasteiger charge is 2.16. The number of carbonyl (C=O) groups is 1. The number of hydrogen-bond donors (Lipinski definition) is 4. The summed E-state index contributed by atoms with van der Waals surface area (Å²) in [6.45, 7) is 5.55. The number of esters is 1. The molecule has 6 nitrogen and oxygen atoms in total. The van der Waals surface area contributed by atoms with Gasteiger partial charge in [0.15, 0.2) is 0 Å². The van der Waals surface area contributed by atoms with E-state index in [0.717, 1.165) is 32.1 Å². The molecule has 0 aliphatic rings. The summed E-state index contributed by atoms with van der Waals surface area (Å²) in [5.74, 6) is -0.456. The molecule has 1 aromatic carbocycles. The van der Waals surface area contributed by atoms with E-state index in [1.165, 1.54) is 13.0 Å². The summed E-state index contributed by atoms with van der Waals surface area (Å²) in [7, 11) is 0. The molecule has 0 aromatic heterocycles. The molecule has 0 aliphatic heterocycles. The van der Waals surface area contributed by atoms with Gasteiger partial charge in [-0.3, -0.25) is 0 Å². The number of aliphatic hydroxyl groups excluding tert-OH is 2. The summed E-state index contributed by atoms with van der Waals surface area (Å²) in [4.78, 5) is 11.9. The number of aromatic hydroxyl groups is 1. The number of aliphatic hydroxyl groups is 2. The number of hydrogen-bond acceptors (Lipinski definition) is 6. The highest BCUT2D eigenvalue weighted by Crippen LogP contribution is 2.19. The molecule has 140 valence electrons. The molecule has 0 aliphatic carbocycles. The predicted octanol–water partition coefficient (Wildman–Crippen LogP) is 3.43. The van der Waals surface area contributed by atoms with E-state index in [4.69, 9.17) is 14.9 Å². The molecular weight excluding hydrogens is 310 g/mol. The van der Waals surface area contributed by atoms with Crippen molar-refractivity contribution < 1.29 is 24.9 Å². The van der Waals surface area contributed by atoms with Gasteiger partial charge < -0.3 is 26.2 Å². The van der Waals surface area contributed by atoms with Crippen molar-refractivity contribution in [2.45, 2.75) is 65.1 Å². The fourth-order valence-electron chi connectivity index (χ4n) is 1.83. The van der Waals surface area contributed by atoms with E-state index >= 15 is 0 Å². The van der Waals surface area contributed by atoms with Gasteiger partial charge in [0.05, 0.1) is 12.7 Å². The molecule has 1 rings (SSSR count). The van der Waals surface area contributed by atoms with Gasteiger partial charge in [0.2, 0.25) is 0 Å². The SMILES string of the molecule is CC(O)CO.CCCCCC(CC)OC(=O)c1ccccc1O.N. The van der Waals surface area contributed by atoms with E-state index in [9.17, 15) is 9.90 Å². The van der Waals surface area contributed by atoms with Crippen molar-refractivity contribution in [1.82, 2.24) is 6.15 Å². The Balaban J connectivity index is 0. The standard InChI is InChI=1S/C15H22O3.C3H8O2.H3N/c1-3-5-6-9-12(4-2)18-15(17)13-10-7-8-11-14(13)16;1-3(5)2-4;/h7-8,10-12,16H,3-6,9H2,1-2H3;3-5H,2H2,1H3;1H3. The van der Waals surface area contributed by atoms with Gasteiger partial charge in [-0.15, -0.1) is 0 Å². The van der Waals surface area contributed by atoms with Gasteiger partial charge in [-0.25, -0.2) is 4.79 Å². The molecule has 0 radical (unpaired) electrons. The van der Waals surface area contributed by atoms with Crippen molar-refractivity contribution in [2.24, 2.45) is 0 Å². The van der Waals surface area contributed by atoms with Crippen LogP contribution in [0, 0.1) is 0 Å². The number of carbonyl (C=O) groups excluding carboxylic acids is 1. The van der Waals surface area contributed by atoms with Crippen LogP contribution in [0.25, 0.3) is 0 Å². The molecule has 24 heavy (non-hydrogen) atoms. The predicted molar refractivity (Wildman–Crippen MR) is 95.5 cm³/mol. The van der Waals surface area contributed by atoms with Crippen LogP contribution in [0.1, 0.15) is 63.2 Å². The Morgan fingerprint density at radius 2 is 1.79 bits per heavy atom. The number of phenolic OH excluding ortho intramolecular Hbond substituents is 1. The molecular formula is C18H33NO5. The molecule has 0 amide bonds. The number of rotatable bonds is 8. The minimum absolute atomic E-state index is 0. The first-order valence-electron chi connectivity index (χ1n) is 8.24. The van der Waals surface area contributed by atoms with Crippen LogP contribution in [0.5, 0.6) is 5.75 Å². The Morgan fingerprint density at radius 3 is 2.25 bits per heavy atom. The number of para-hydroxylation sites is 1. The van der Waals surface area contributed by atoms with Crippen LogP contribution in [0.4, 0.5) is 0 Å². The molecule has 6 heteroatoms. The minimum Gasteiger partial charge on any atom is -0.507 e. The molecule has 6 N–H and O–H groups in total. The first-order valence-corrected chi connectivity index (χ1v) is 8.24. The van der Waals surface area contributed by atoms with Crippen LogP contribution >= 0.6 is 0 Å². The lowest BCUT2D eigenvalue weighted by Gasteiger charge is -2.16. The van der Waals surface area contributed by atoms with Crippen molar-refractivity contribution >= 4 is 5.97 Å². The van der Waals surface area contributed by atoms with E-state index < -0.39 is 12.1 Å². The molecule has 0 saturated carbocycles. The number of benzene rings is 1. The first kappa shape index (κ1) is 24.6. The summed E-state index contributed by atoms with van der Waals surface area (Å²) in [5, 5.41) is 25.6. The largest absolute Gasteiger partial charge is 0.507 e. The Bertz CT molecular complexity index is 437. The molecule has 0 saturated heterocycles. The van der Waals surface area contributed by atoms with E-state index in [1.807, 2.05) is 6.92 Å². The molecule has 0 bridgehead atoms. The van der Waals surface area contributed by atoms with Crippen LogP contribution in [-0.2, 0) is 4.74 Å². The third-order valence-electron chi connectivity index (χ3n) is 3.25. The van der Waals surface area contributed by atoms with Crippen LogP contribution in [0.15, 0.2) is 24.3 Å². The maximum Gasteiger partial charge on any atom is 0.342 e. The van der Waals surface area contributed by atoms with E-state index in [1.54, 1.807) is 18.2 Å². The lowest BCUT2D eigenvalue weighted by atomic mass is 10.1. The summed E-state index contributed by atoms with van der Waals surface area (Å²) in [6, 6.07) is 6.48. The van der Waals surface area contributed by atoms with Gasteiger partial charge in [0.1, 0.15) is 17.4 Å². The Morgan fingerprint density at radius 1 is 1.21 bits per heavy atom. The van der Waals surface area contributed by atoms with Crippen molar-refractivity contribution in [3.8, 4) is 5.75 Å². The maximum atomic E-state index is 11.9. The van der Waals surface area contributed by atoms with Gasteiger partial charge >= 0.3 is 5.97 Å². The van der Waals surface area contributed by atoms with Gasteiger partial charge in [0.25, 0.3) is 0 Å². The molecule has 1 aromatic rings. The Hall–Kier alpha value is -1.63. The quantitative estimate of drug-likeness (QED) is 0.424. The zero-order chi connectivity index (χ0) is 17.7. The highest BCUT2D eigenvalue weighted by molar-refractivity contribution is 5.92. The van der Waals surface area contributed by atoms with Crippen LogP contribution in [0.2, 0.25) is 0 Å². The van der Waals surface area contributed by atoms with E-state index in [0.29, 0.717) is 0 Å². The molecule has 2 unspecified atom stereocenters. The lowest BCUT2D eigenvalue weighted by molar-refractivity contribution is 0.0264. The van der Waals surface area contributed by atoms with Crippen molar-refractivity contribution in [2.75, 3.05) is 6.61 Å². The molecule has 0 fully saturated rings. The van der Waals surface area contributed by atoms with Crippen LogP contribution < -0.4 is 6.15 Å². The fourth-order valence-corrected chi connectivity index (χ4v) is 1.83. The third-order valence-corrected chi connectivity index (χ3v) is 3.25. The average molecular weight is 343 g/mol. The second-order valence-electron chi connectivity index (χ2n) is 5.48. The lowest BCUT2D eigenvalue weighted by Crippen LogP contribution is -2.17. The Labute approximate surface area is 145 Å². The monoisotopic (exact) mass is 343 g/mol. The molecule has 2 atom stereocenters. The molecule has 0 heterocycles. The summed E-state index contributed by atoms with van der Waals surface area (Å²) < 4.78 is 5.41. The first-order chi connectivity index (χ1) is 11.0. The zero-order valence-corrected chi connectivity index (χ0v) is 15.1. The fraction of sp³-hybridized carbons (Fsp3) is 0.611. The summed E-state index contributed by atoms with van der Waals surface area (Å²) in [5.41, 5.74) is 0.242. The topological polar surface area (TPSA) is 122 Å². The van der Waals surface area contributed by atoms with Gasteiger partial charge in [-0.05, 0) is 38.3 Å². The van der Waals surface area contributed by atoms with Crippen LogP contribution in [-0.4, -0.2) is 40.1 Å². The second kappa shape index (κ2) is 14.9. The number of unbranched alkanes of at least 4 members (excludes halogenated alkanes) is 2. The maximum absolute atomic E-state index is 11.9. The van der Waals surface area contributed by atoms with Gasteiger partial charge in [0, 0.05) is 0 Å². The Kier molecular flexibility index (Phi) is 15.3. The van der Waals surface area contributed by atoms with Crippen LogP contribution in [0.3, 0.4) is 0 Å². The van der Waals surface area contributed by atoms with Crippen molar-refractivity contribution in [3.63, 3.8) is 0 Å². The number of phenols is 1. The summed E-state index contributed by atoms with van der Waals surface area (Å²) >= 11 is 0. The molecule has 0 spiro atoms. The smallest absolute Gasteiger partial charge is 0.342 e. The third kappa shape index (κ3) is 11.0. The average Bonchev–Trinajstić information content (AvgIpc) is 2.54. The second-order valence-corrected chi connectivity index (χ2v) is 5.48. The van der Waals surface area contributed by atoms with Gasteiger partial charge in [-0.1, -0.05) is 38.8 Å². The van der Waals surface area contributed by atoms with Gasteiger partial charge in [-0.2, -0.15) is 0 Å². The highest BCUT2D eigenvalue weighted by atomic mass is 16.5. The minimum atomic E-state index is -0.560. The number of ether oxygens (including phenoxy) is 1. The van der Waals surface area contributed by atoms with Crippen molar-refractivity contribution in [1.29, 1.82) is 0 Å². The normalized spacial score (nSPS) is 12.2.